The normalized spacial score (nSPS) is 10.9. The molecule has 132 valence electrons. The fourth-order valence-corrected chi connectivity index (χ4v) is 2.23. The number of halogens is 1. The molecule has 0 spiro atoms. The molecule has 2 aromatic rings. The van der Waals surface area contributed by atoms with Crippen molar-refractivity contribution in [2.24, 2.45) is 10.7 Å². The molecule has 0 fully saturated rings. The second-order valence-electron chi connectivity index (χ2n) is 4.99. The van der Waals surface area contributed by atoms with Gasteiger partial charge >= 0.3 is 6.09 Å². The van der Waals surface area contributed by atoms with Gasteiger partial charge in [0.2, 0.25) is 0 Å². The highest BCUT2D eigenvalue weighted by Gasteiger charge is 2.03. The lowest BCUT2D eigenvalue weighted by atomic mass is 10.2. The number of hydrogen-bond acceptors (Lipinski definition) is 4. The van der Waals surface area contributed by atoms with Gasteiger partial charge in [0, 0.05) is 11.4 Å². The van der Waals surface area contributed by atoms with E-state index in [1.54, 1.807) is 37.4 Å². The van der Waals surface area contributed by atoms with Gasteiger partial charge in [-0.3, -0.25) is 5.32 Å². The van der Waals surface area contributed by atoms with Crippen LogP contribution in [-0.2, 0) is 11.3 Å². The Hall–Kier alpha value is -2.93. The molecule has 2 rings (SSSR count). The Bertz CT molecular complexity index is 763. The average Bonchev–Trinajstić information content (AvgIpc) is 2.61. The molecule has 1 amide bonds. The summed E-state index contributed by atoms with van der Waals surface area (Å²) in [7, 11) is 2.86. The van der Waals surface area contributed by atoms with E-state index in [4.69, 9.17) is 22.1 Å². The van der Waals surface area contributed by atoms with Crippen LogP contribution in [-0.4, -0.2) is 26.3 Å². The lowest BCUT2D eigenvalue weighted by molar-refractivity contribution is 0.187. The number of aliphatic imine (C=N–C) groups is 1. The minimum absolute atomic E-state index is 0.262. The van der Waals surface area contributed by atoms with Crippen LogP contribution in [0.15, 0.2) is 47.5 Å². The highest BCUT2D eigenvalue weighted by atomic mass is 35.5. The number of carbonyl (C=O) groups is 1. The van der Waals surface area contributed by atoms with Crippen molar-refractivity contribution in [3.63, 3.8) is 0 Å². The smallest absolute Gasteiger partial charge is 0.411 e. The average molecular weight is 363 g/mol. The third kappa shape index (κ3) is 5.58. The summed E-state index contributed by atoms with van der Waals surface area (Å²) in [5.74, 6) is 0.848. The quantitative estimate of drug-likeness (QED) is 0.559. The number of guanidine groups is 1. The van der Waals surface area contributed by atoms with Crippen LogP contribution < -0.4 is 21.1 Å². The Morgan fingerprint density at radius 2 is 1.80 bits per heavy atom. The monoisotopic (exact) mass is 362 g/mol. The van der Waals surface area contributed by atoms with Crippen LogP contribution in [0.1, 0.15) is 5.56 Å². The van der Waals surface area contributed by atoms with Crippen LogP contribution in [0, 0.1) is 0 Å². The van der Waals surface area contributed by atoms with Crippen molar-refractivity contribution in [3.8, 4) is 5.75 Å². The number of rotatable bonds is 5. The Morgan fingerprint density at radius 3 is 2.40 bits per heavy atom. The van der Waals surface area contributed by atoms with Gasteiger partial charge in [0.25, 0.3) is 0 Å². The molecular weight excluding hydrogens is 344 g/mol. The van der Waals surface area contributed by atoms with Gasteiger partial charge in [0.05, 0.1) is 25.8 Å². The van der Waals surface area contributed by atoms with E-state index >= 15 is 0 Å². The minimum Gasteiger partial charge on any atom is -0.495 e. The maximum atomic E-state index is 11.1. The van der Waals surface area contributed by atoms with E-state index in [1.807, 2.05) is 12.1 Å². The molecule has 0 aromatic heterocycles. The first-order chi connectivity index (χ1) is 12.0. The number of hydrogen-bond donors (Lipinski definition) is 3. The van der Waals surface area contributed by atoms with Crippen LogP contribution in [0.4, 0.5) is 16.2 Å². The van der Waals surface area contributed by atoms with Gasteiger partial charge < -0.3 is 20.5 Å². The zero-order valence-electron chi connectivity index (χ0n) is 13.9. The first-order valence-corrected chi connectivity index (χ1v) is 7.74. The zero-order valence-corrected chi connectivity index (χ0v) is 14.6. The van der Waals surface area contributed by atoms with E-state index in [2.05, 4.69) is 20.4 Å². The second-order valence-corrected chi connectivity index (χ2v) is 5.40. The van der Waals surface area contributed by atoms with Gasteiger partial charge in [0.1, 0.15) is 5.75 Å². The van der Waals surface area contributed by atoms with Gasteiger partial charge in [-0.1, -0.05) is 23.7 Å². The van der Waals surface area contributed by atoms with Crippen molar-refractivity contribution >= 4 is 35.0 Å². The number of nitrogens with zero attached hydrogens (tertiary/aromatic N) is 1. The minimum atomic E-state index is -0.516. The van der Waals surface area contributed by atoms with E-state index in [0.717, 1.165) is 5.56 Å². The van der Waals surface area contributed by atoms with Crippen LogP contribution in [0.2, 0.25) is 5.02 Å². The number of methoxy groups -OCH3 is 2. The van der Waals surface area contributed by atoms with Gasteiger partial charge in [-0.2, -0.15) is 0 Å². The summed E-state index contributed by atoms with van der Waals surface area (Å²) in [5.41, 5.74) is 8.17. The summed E-state index contributed by atoms with van der Waals surface area (Å²) >= 11 is 6.06. The highest BCUT2D eigenvalue weighted by Crippen LogP contribution is 2.27. The molecule has 0 unspecified atom stereocenters. The maximum absolute atomic E-state index is 11.1. The van der Waals surface area contributed by atoms with E-state index in [-0.39, 0.29) is 5.96 Å². The summed E-state index contributed by atoms with van der Waals surface area (Å²) < 4.78 is 9.62. The number of benzene rings is 2. The largest absolute Gasteiger partial charge is 0.495 e. The summed E-state index contributed by atoms with van der Waals surface area (Å²) in [4.78, 5) is 15.4. The molecule has 8 heteroatoms. The fraction of sp³-hybridized carbons (Fsp3) is 0.176. The van der Waals surface area contributed by atoms with Crippen LogP contribution >= 0.6 is 11.6 Å². The molecular formula is C17H19ClN4O3. The molecule has 0 heterocycles. The Morgan fingerprint density at radius 1 is 1.12 bits per heavy atom. The third-order valence-electron chi connectivity index (χ3n) is 3.24. The van der Waals surface area contributed by atoms with Crippen molar-refractivity contribution in [2.45, 2.75) is 6.54 Å². The number of anilines is 2. The molecule has 7 nitrogen and oxygen atoms in total. The Balaban J connectivity index is 1.94. The van der Waals surface area contributed by atoms with E-state index in [9.17, 15) is 4.79 Å². The fourth-order valence-electron chi connectivity index (χ4n) is 1.97. The summed E-state index contributed by atoms with van der Waals surface area (Å²) in [6.45, 7) is 0.390. The van der Waals surface area contributed by atoms with E-state index in [1.165, 1.54) is 7.11 Å². The summed E-state index contributed by atoms with van der Waals surface area (Å²) in [6.07, 6.45) is -0.516. The molecule has 4 N–H and O–H groups in total. The predicted molar refractivity (Wildman–Crippen MR) is 99.4 cm³/mol. The highest BCUT2D eigenvalue weighted by molar-refractivity contribution is 6.32. The van der Waals surface area contributed by atoms with Crippen LogP contribution in [0.3, 0.4) is 0 Å². The molecule has 25 heavy (non-hydrogen) atoms. The van der Waals surface area contributed by atoms with Gasteiger partial charge in [-0.05, 0) is 35.9 Å². The first-order valence-electron chi connectivity index (χ1n) is 7.36. The molecule has 0 saturated heterocycles. The lowest BCUT2D eigenvalue weighted by Gasteiger charge is -2.08. The number of carbonyl (C=O) groups excluding carboxylic acids is 1. The molecule has 0 bridgehead atoms. The molecule has 0 atom stereocenters. The zero-order chi connectivity index (χ0) is 18.2. The first kappa shape index (κ1) is 18.4. The number of amides is 1. The number of nitrogens with two attached hydrogens (primary N) is 1. The summed E-state index contributed by atoms with van der Waals surface area (Å²) in [6, 6.07) is 12.4. The van der Waals surface area contributed by atoms with E-state index < -0.39 is 6.09 Å². The van der Waals surface area contributed by atoms with Crippen molar-refractivity contribution < 1.29 is 14.3 Å². The number of ether oxygens (including phenoxy) is 2. The molecule has 0 radical (unpaired) electrons. The predicted octanol–water partition coefficient (Wildman–Crippen LogP) is 3.45. The van der Waals surface area contributed by atoms with Crippen LogP contribution in [0.25, 0.3) is 0 Å². The Kier molecular flexibility index (Phi) is 6.47. The van der Waals surface area contributed by atoms with Crippen molar-refractivity contribution in [2.75, 3.05) is 24.9 Å². The Labute approximate surface area is 150 Å². The van der Waals surface area contributed by atoms with Crippen LogP contribution in [0.5, 0.6) is 5.75 Å². The van der Waals surface area contributed by atoms with Crippen molar-refractivity contribution in [3.05, 3.63) is 53.1 Å². The second kappa shape index (κ2) is 8.79. The SMILES string of the molecule is COC(=O)Nc1ccc(CN=C(N)Nc2ccc(OC)c(Cl)c2)cc1. The number of nitrogens with one attached hydrogen (secondary N) is 2. The molecule has 0 aliphatic rings. The lowest BCUT2D eigenvalue weighted by Crippen LogP contribution is -2.22. The summed E-state index contributed by atoms with van der Waals surface area (Å²) in [5, 5.41) is 6.02. The topological polar surface area (TPSA) is 98.0 Å². The molecule has 0 saturated carbocycles. The van der Waals surface area contributed by atoms with E-state index in [0.29, 0.717) is 28.7 Å². The van der Waals surface area contributed by atoms with Gasteiger partial charge in [-0.25, -0.2) is 9.79 Å². The molecule has 0 aliphatic carbocycles. The van der Waals surface area contributed by atoms with Crippen molar-refractivity contribution in [1.29, 1.82) is 0 Å². The third-order valence-corrected chi connectivity index (χ3v) is 3.54. The molecule has 0 aliphatic heterocycles. The maximum Gasteiger partial charge on any atom is 0.411 e. The van der Waals surface area contributed by atoms with Gasteiger partial charge in [0.15, 0.2) is 5.96 Å². The standard InChI is InChI=1S/C17H19ClN4O3/c1-24-15-8-7-13(9-14(15)18)21-16(19)20-10-11-3-5-12(6-4-11)22-17(23)25-2/h3-9H,10H2,1-2H3,(H,22,23)(H3,19,20,21). The van der Waals surface area contributed by atoms with Gasteiger partial charge in [-0.15, -0.1) is 0 Å². The molecule has 2 aromatic carbocycles. The van der Waals surface area contributed by atoms with Crippen molar-refractivity contribution in [1.82, 2.24) is 0 Å².